The number of primary amides is 1. The van der Waals surface area contributed by atoms with E-state index in [4.69, 9.17) is 25.7 Å². The maximum absolute atomic E-state index is 13.8. The summed E-state index contributed by atoms with van der Waals surface area (Å²) in [7, 11) is 0. The summed E-state index contributed by atoms with van der Waals surface area (Å²) in [6.07, 6.45) is -3.38. The van der Waals surface area contributed by atoms with Gasteiger partial charge in [0.05, 0.1) is 12.1 Å². The lowest BCUT2D eigenvalue weighted by Gasteiger charge is -2.28. The number of ether oxygens (including phenoxy) is 3. The fraction of sp³-hybridized carbons (Fsp3) is 0.643. The van der Waals surface area contributed by atoms with E-state index in [1.807, 2.05) is 0 Å². The molecule has 2 unspecified atom stereocenters. The number of amides is 2. The van der Waals surface area contributed by atoms with E-state index in [-0.39, 0.29) is 0 Å². The molecule has 0 aromatic carbocycles. The predicted octanol–water partition coefficient (Wildman–Crippen LogP) is 0.133. The average Bonchev–Trinajstić information content (AvgIpc) is 2.71. The minimum absolute atomic E-state index is 0.629. The molecule has 0 radical (unpaired) electrons. The van der Waals surface area contributed by atoms with Crippen molar-refractivity contribution in [2.45, 2.75) is 58.3 Å². The average molecular weight is 347 g/mol. The largest absolute Gasteiger partial charge is 0.456 e. The molecule has 10 heteroatoms. The van der Waals surface area contributed by atoms with Crippen molar-refractivity contribution < 1.29 is 33.0 Å². The molecule has 1 saturated heterocycles. The molecule has 1 aliphatic heterocycles. The molecule has 136 valence electrons. The lowest BCUT2D eigenvalue weighted by molar-refractivity contribution is -0.165. The van der Waals surface area contributed by atoms with Crippen LogP contribution in [0.1, 0.15) is 27.7 Å². The van der Waals surface area contributed by atoms with Crippen LogP contribution in [0.3, 0.4) is 0 Å². The summed E-state index contributed by atoms with van der Waals surface area (Å²) in [5.41, 5.74) is 10.7. The van der Waals surface area contributed by atoms with E-state index in [1.165, 1.54) is 13.8 Å². The molecule has 1 fully saturated rings. The number of hydrogen-bond acceptors (Lipinski definition) is 7. The van der Waals surface area contributed by atoms with Gasteiger partial charge >= 0.3 is 18.0 Å². The Labute approximate surface area is 138 Å². The molecule has 9 nitrogen and oxygen atoms in total. The summed E-state index contributed by atoms with van der Waals surface area (Å²) in [5, 5.41) is 0. The van der Waals surface area contributed by atoms with E-state index < -0.39 is 54.4 Å². The third kappa shape index (κ3) is 4.90. The number of halogens is 1. The fourth-order valence-corrected chi connectivity index (χ4v) is 2.21. The number of esters is 2. The molecular weight excluding hydrogens is 325 g/mol. The summed E-state index contributed by atoms with van der Waals surface area (Å²) in [6.45, 7) is 5.23. The Morgan fingerprint density at radius 3 is 2.12 bits per heavy atom. The van der Waals surface area contributed by atoms with Gasteiger partial charge in [-0.15, -0.1) is 0 Å². The number of carbonyl (C=O) groups is 3. The third-order valence-electron chi connectivity index (χ3n) is 3.25. The first-order valence-electron chi connectivity index (χ1n) is 7.25. The van der Waals surface area contributed by atoms with Crippen LogP contribution in [0.25, 0.3) is 0 Å². The van der Waals surface area contributed by atoms with Crippen molar-refractivity contribution in [2.75, 3.05) is 0 Å². The normalized spacial score (nSPS) is 28.2. The van der Waals surface area contributed by atoms with Crippen LogP contribution in [-0.2, 0) is 23.8 Å². The van der Waals surface area contributed by atoms with Crippen LogP contribution in [0.4, 0.5) is 9.18 Å². The first-order chi connectivity index (χ1) is 11.0. The Balaban J connectivity index is 3.19. The van der Waals surface area contributed by atoms with E-state index in [0.717, 1.165) is 13.1 Å². The van der Waals surface area contributed by atoms with Crippen molar-refractivity contribution in [1.29, 1.82) is 0 Å². The van der Waals surface area contributed by atoms with Gasteiger partial charge in [-0.25, -0.2) is 9.18 Å². The molecule has 4 N–H and O–H groups in total. The number of carbonyl (C=O) groups excluding carboxylic acids is 3. The van der Waals surface area contributed by atoms with Crippen molar-refractivity contribution in [3.8, 4) is 0 Å². The molecule has 0 aromatic heterocycles. The topological polar surface area (TPSA) is 134 Å². The second kappa shape index (κ2) is 8.06. The summed E-state index contributed by atoms with van der Waals surface area (Å²) in [5.74, 6) is -2.15. The molecule has 1 aliphatic rings. The highest BCUT2D eigenvalue weighted by Crippen LogP contribution is 2.30. The van der Waals surface area contributed by atoms with E-state index in [0.29, 0.717) is 4.90 Å². The Hall–Kier alpha value is -2.20. The van der Waals surface area contributed by atoms with Gasteiger partial charge in [-0.2, -0.15) is 0 Å². The standard InChI is InChI=1S/C14H22FN3O6/c1-6(16)10(15)5-18(14(17)21)13-12(24-9(4)20)11(7(2)22-13)23-8(3)19/h5-7,11-13H,16H2,1-4H3,(H2,17,21)/b10-5+/t6?,7-,11-,12-,13?/m1/s1. The van der Waals surface area contributed by atoms with Crippen molar-refractivity contribution in [3.05, 3.63) is 12.0 Å². The first kappa shape index (κ1) is 19.8. The van der Waals surface area contributed by atoms with Crippen LogP contribution < -0.4 is 11.5 Å². The van der Waals surface area contributed by atoms with E-state index >= 15 is 0 Å². The van der Waals surface area contributed by atoms with Crippen LogP contribution in [0, 0.1) is 0 Å². The van der Waals surface area contributed by atoms with Gasteiger partial charge in [-0.3, -0.25) is 14.5 Å². The van der Waals surface area contributed by atoms with Gasteiger partial charge in [-0.1, -0.05) is 0 Å². The highest BCUT2D eigenvalue weighted by atomic mass is 19.1. The van der Waals surface area contributed by atoms with Crippen molar-refractivity contribution >= 4 is 18.0 Å². The molecule has 1 heterocycles. The lowest BCUT2D eigenvalue weighted by atomic mass is 10.1. The van der Waals surface area contributed by atoms with E-state index in [1.54, 1.807) is 6.92 Å². The highest BCUT2D eigenvalue weighted by Gasteiger charge is 2.50. The lowest BCUT2D eigenvalue weighted by Crippen LogP contribution is -2.49. The fourth-order valence-electron chi connectivity index (χ4n) is 2.21. The highest BCUT2D eigenvalue weighted by molar-refractivity contribution is 5.74. The Morgan fingerprint density at radius 2 is 1.71 bits per heavy atom. The molecule has 0 spiro atoms. The van der Waals surface area contributed by atoms with Crippen molar-refractivity contribution in [2.24, 2.45) is 11.5 Å². The number of hydrogen-bond donors (Lipinski definition) is 2. The van der Waals surface area contributed by atoms with Gasteiger partial charge < -0.3 is 25.7 Å². The number of rotatable bonds is 5. The SMILES string of the molecule is CC(=O)O[C@@H]1[C@@H](C)OC(N(/C=C(/F)C(C)N)C(N)=O)[C@@H]1OC(C)=O. The van der Waals surface area contributed by atoms with Gasteiger partial charge in [0.15, 0.2) is 18.4 Å². The van der Waals surface area contributed by atoms with E-state index in [2.05, 4.69) is 0 Å². The van der Waals surface area contributed by atoms with Crippen LogP contribution in [0.5, 0.6) is 0 Å². The number of nitrogens with two attached hydrogens (primary N) is 2. The zero-order valence-corrected chi connectivity index (χ0v) is 13.9. The molecule has 2 amide bonds. The summed E-state index contributed by atoms with van der Waals surface area (Å²) < 4.78 is 29.5. The molecule has 0 bridgehead atoms. The maximum atomic E-state index is 13.8. The van der Waals surface area contributed by atoms with Crippen molar-refractivity contribution in [1.82, 2.24) is 4.90 Å². The van der Waals surface area contributed by atoms with Crippen LogP contribution in [0.15, 0.2) is 12.0 Å². The maximum Gasteiger partial charge on any atom is 0.321 e. The van der Waals surface area contributed by atoms with Crippen LogP contribution >= 0.6 is 0 Å². The number of urea groups is 1. The predicted molar refractivity (Wildman–Crippen MR) is 79.7 cm³/mol. The molecule has 0 saturated carbocycles. The summed E-state index contributed by atoms with van der Waals surface area (Å²) in [6, 6.07) is -2.04. The third-order valence-corrected chi connectivity index (χ3v) is 3.25. The molecule has 0 aromatic rings. The zero-order valence-electron chi connectivity index (χ0n) is 13.9. The molecule has 0 aliphatic carbocycles. The molecular formula is C14H22FN3O6. The first-order valence-corrected chi connectivity index (χ1v) is 7.25. The van der Waals surface area contributed by atoms with Gasteiger partial charge in [0, 0.05) is 20.0 Å². The molecule has 5 atom stereocenters. The Morgan fingerprint density at radius 1 is 1.21 bits per heavy atom. The van der Waals surface area contributed by atoms with Gasteiger partial charge in [0.1, 0.15) is 5.83 Å². The zero-order chi connectivity index (χ0) is 18.6. The minimum Gasteiger partial charge on any atom is -0.456 e. The van der Waals surface area contributed by atoms with Crippen LogP contribution in [0.2, 0.25) is 0 Å². The second-order valence-corrected chi connectivity index (χ2v) is 5.43. The van der Waals surface area contributed by atoms with Gasteiger partial charge in [0.2, 0.25) is 0 Å². The van der Waals surface area contributed by atoms with Gasteiger partial charge in [0.25, 0.3) is 0 Å². The number of nitrogens with zero attached hydrogens (tertiary/aromatic N) is 1. The quantitative estimate of drug-likeness (QED) is 0.675. The summed E-state index contributed by atoms with van der Waals surface area (Å²) in [4.78, 5) is 35.0. The molecule has 24 heavy (non-hydrogen) atoms. The Bertz CT molecular complexity index is 539. The monoisotopic (exact) mass is 347 g/mol. The van der Waals surface area contributed by atoms with Crippen molar-refractivity contribution in [3.63, 3.8) is 0 Å². The van der Waals surface area contributed by atoms with E-state index in [9.17, 15) is 18.8 Å². The second-order valence-electron chi connectivity index (χ2n) is 5.43. The molecule has 1 rings (SSSR count). The minimum atomic E-state index is -1.27. The van der Waals surface area contributed by atoms with Gasteiger partial charge in [-0.05, 0) is 13.8 Å². The summed E-state index contributed by atoms with van der Waals surface area (Å²) >= 11 is 0. The Kier molecular flexibility index (Phi) is 6.67. The van der Waals surface area contributed by atoms with Crippen LogP contribution in [-0.4, -0.2) is 53.5 Å². The smallest absolute Gasteiger partial charge is 0.321 e.